The SMILES string of the molecule is Cc1cc(C(=N)N)c2ccc(Cl)c(C)c2n1. The first-order valence-electron chi connectivity index (χ1n) is 4.91. The van der Waals surface area contributed by atoms with Crippen LogP contribution in [0.4, 0.5) is 0 Å². The number of benzene rings is 1. The summed E-state index contributed by atoms with van der Waals surface area (Å²) in [5, 5.41) is 9.11. The van der Waals surface area contributed by atoms with Gasteiger partial charge in [-0.25, -0.2) is 0 Å². The van der Waals surface area contributed by atoms with Crippen LogP contribution in [0.3, 0.4) is 0 Å². The van der Waals surface area contributed by atoms with Crippen molar-refractivity contribution < 1.29 is 0 Å². The lowest BCUT2D eigenvalue weighted by atomic mass is 10.0. The number of halogens is 1. The van der Waals surface area contributed by atoms with Crippen molar-refractivity contribution in [2.75, 3.05) is 0 Å². The summed E-state index contributed by atoms with van der Waals surface area (Å²) in [6, 6.07) is 5.48. The average Bonchev–Trinajstić information content (AvgIpc) is 2.23. The Morgan fingerprint density at radius 2 is 2.06 bits per heavy atom. The number of aromatic nitrogens is 1. The van der Waals surface area contributed by atoms with E-state index in [9.17, 15) is 0 Å². The summed E-state index contributed by atoms with van der Waals surface area (Å²) in [5.41, 5.74) is 8.84. The molecular weight excluding hydrogens is 222 g/mol. The molecule has 0 saturated carbocycles. The third kappa shape index (κ3) is 1.63. The molecule has 1 aromatic heterocycles. The van der Waals surface area contributed by atoms with E-state index in [0.717, 1.165) is 22.2 Å². The molecule has 3 N–H and O–H groups in total. The second-order valence-corrected chi connectivity index (χ2v) is 4.20. The normalized spacial score (nSPS) is 10.7. The minimum atomic E-state index is 0.0530. The highest BCUT2D eigenvalue weighted by Crippen LogP contribution is 2.26. The number of rotatable bonds is 1. The number of nitrogens with zero attached hydrogens (tertiary/aromatic N) is 1. The third-order valence-electron chi connectivity index (χ3n) is 2.59. The summed E-state index contributed by atoms with van der Waals surface area (Å²) in [5.74, 6) is 0.0530. The van der Waals surface area contributed by atoms with E-state index in [-0.39, 0.29) is 5.84 Å². The van der Waals surface area contributed by atoms with Gasteiger partial charge in [-0.3, -0.25) is 10.4 Å². The summed E-state index contributed by atoms with van der Waals surface area (Å²) in [6.45, 7) is 3.80. The van der Waals surface area contributed by atoms with Crippen molar-refractivity contribution in [3.8, 4) is 0 Å². The van der Waals surface area contributed by atoms with Gasteiger partial charge in [0.2, 0.25) is 0 Å². The van der Waals surface area contributed by atoms with E-state index in [1.165, 1.54) is 0 Å². The molecule has 0 radical (unpaired) electrons. The highest BCUT2D eigenvalue weighted by atomic mass is 35.5. The molecule has 0 amide bonds. The molecule has 4 heteroatoms. The molecule has 0 fully saturated rings. The Bertz CT molecular complexity index is 590. The lowest BCUT2D eigenvalue weighted by molar-refractivity contribution is 1.23. The van der Waals surface area contributed by atoms with Crippen molar-refractivity contribution >= 4 is 28.3 Å². The Morgan fingerprint density at radius 1 is 1.38 bits per heavy atom. The first kappa shape index (κ1) is 10.9. The molecule has 0 unspecified atom stereocenters. The number of hydrogen-bond acceptors (Lipinski definition) is 2. The standard InChI is InChI=1S/C12H12ClN3/c1-6-5-9(12(14)15)8-3-4-10(13)7(2)11(8)16-6/h3-5H,1-2H3,(H3,14,15). The fourth-order valence-electron chi connectivity index (χ4n) is 1.76. The Balaban J connectivity index is 2.94. The molecule has 0 aliphatic rings. The summed E-state index contributed by atoms with van der Waals surface area (Å²) in [6.07, 6.45) is 0. The lowest BCUT2D eigenvalue weighted by Crippen LogP contribution is -2.12. The predicted molar refractivity (Wildman–Crippen MR) is 67.2 cm³/mol. The Morgan fingerprint density at radius 3 is 2.69 bits per heavy atom. The lowest BCUT2D eigenvalue weighted by Gasteiger charge is -2.09. The van der Waals surface area contributed by atoms with Crippen LogP contribution in [0.15, 0.2) is 18.2 Å². The van der Waals surface area contributed by atoms with E-state index in [0.29, 0.717) is 10.6 Å². The third-order valence-corrected chi connectivity index (χ3v) is 3.00. The van der Waals surface area contributed by atoms with Crippen LogP contribution in [0.5, 0.6) is 0 Å². The minimum Gasteiger partial charge on any atom is -0.384 e. The number of nitrogens with one attached hydrogen (secondary N) is 1. The van der Waals surface area contributed by atoms with Gasteiger partial charge in [0.15, 0.2) is 0 Å². The van der Waals surface area contributed by atoms with Crippen molar-refractivity contribution in [1.29, 1.82) is 5.41 Å². The van der Waals surface area contributed by atoms with E-state index >= 15 is 0 Å². The maximum atomic E-state index is 7.56. The van der Waals surface area contributed by atoms with Gasteiger partial charge in [0, 0.05) is 21.7 Å². The first-order valence-corrected chi connectivity index (χ1v) is 5.29. The van der Waals surface area contributed by atoms with Crippen molar-refractivity contribution in [2.24, 2.45) is 5.73 Å². The van der Waals surface area contributed by atoms with E-state index in [2.05, 4.69) is 4.98 Å². The number of hydrogen-bond donors (Lipinski definition) is 2. The van der Waals surface area contributed by atoms with Gasteiger partial charge >= 0.3 is 0 Å². The molecule has 2 aromatic rings. The second-order valence-electron chi connectivity index (χ2n) is 3.79. The summed E-state index contributed by atoms with van der Waals surface area (Å²) in [4.78, 5) is 4.44. The number of nitrogens with two attached hydrogens (primary N) is 1. The molecule has 16 heavy (non-hydrogen) atoms. The molecule has 2 rings (SSSR count). The van der Waals surface area contributed by atoms with Gasteiger partial charge in [-0.2, -0.15) is 0 Å². The van der Waals surface area contributed by atoms with Crippen LogP contribution in [-0.2, 0) is 0 Å². The number of pyridine rings is 1. The smallest absolute Gasteiger partial charge is 0.123 e. The number of fused-ring (bicyclic) bond motifs is 1. The number of aryl methyl sites for hydroxylation is 2. The highest BCUT2D eigenvalue weighted by molar-refractivity contribution is 6.32. The average molecular weight is 234 g/mol. The first-order chi connectivity index (χ1) is 7.50. The zero-order chi connectivity index (χ0) is 11.9. The van der Waals surface area contributed by atoms with Crippen LogP contribution in [0, 0.1) is 19.3 Å². The van der Waals surface area contributed by atoms with E-state index in [4.69, 9.17) is 22.7 Å². The van der Waals surface area contributed by atoms with Gasteiger partial charge in [-0.1, -0.05) is 17.7 Å². The van der Waals surface area contributed by atoms with Crippen molar-refractivity contribution in [3.05, 3.63) is 40.0 Å². The van der Waals surface area contributed by atoms with E-state index in [1.54, 1.807) is 0 Å². The molecular formula is C12H12ClN3. The second kappa shape index (κ2) is 3.76. The predicted octanol–water partition coefficient (Wildman–Crippen LogP) is 2.79. The van der Waals surface area contributed by atoms with Crippen LogP contribution < -0.4 is 5.73 Å². The van der Waals surface area contributed by atoms with Crippen molar-refractivity contribution in [1.82, 2.24) is 4.98 Å². The molecule has 82 valence electrons. The molecule has 0 spiro atoms. The fraction of sp³-hybridized carbons (Fsp3) is 0.167. The summed E-state index contributed by atoms with van der Waals surface area (Å²) < 4.78 is 0. The largest absolute Gasteiger partial charge is 0.384 e. The Hall–Kier alpha value is -1.61. The van der Waals surface area contributed by atoms with Gasteiger partial charge in [0.05, 0.1) is 5.52 Å². The molecule has 0 aliphatic carbocycles. The van der Waals surface area contributed by atoms with Gasteiger partial charge in [0.1, 0.15) is 5.84 Å². The fourth-order valence-corrected chi connectivity index (χ4v) is 1.91. The minimum absolute atomic E-state index is 0.0530. The zero-order valence-electron chi connectivity index (χ0n) is 9.13. The van der Waals surface area contributed by atoms with Crippen LogP contribution in [0.2, 0.25) is 5.02 Å². The van der Waals surface area contributed by atoms with Crippen molar-refractivity contribution in [2.45, 2.75) is 13.8 Å². The molecule has 3 nitrogen and oxygen atoms in total. The van der Waals surface area contributed by atoms with Crippen molar-refractivity contribution in [3.63, 3.8) is 0 Å². The highest BCUT2D eigenvalue weighted by Gasteiger charge is 2.10. The van der Waals surface area contributed by atoms with Crippen LogP contribution in [0.1, 0.15) is 16.8 Å². The maximum Gasteiger partial charge on any atom is 0.123 e. The summed E-state index contributed by atoms with van der Waals surface area (Å²) in [7, 11) is 0. The van der Waals surface area contributed by atoms with Gasteiger partial charge < -0.3 is 5.73 Å². The van der Waals surface area contributed by atoms with Crippen LogP contribution in [-0.4, -0.2) is 10.8 Å². The molecule has 1 heterocycles. The van der Waals surface area contributed by atoms with Crippen LogP contribution in [0.25, 0.3) is 10.9 Å². The molecule has 0 bridgehead atoms. The van der Waals surface area contributed by atoms with E-state index in [1.807, 2.05) is 32.0 Å². The Kier molecular flexibility index (Phi) is 2.56. The number of amidine groups is 1. The van der Waals surface area contributed by atoms with E-state index < -0.39 is 0 Å². The van der Waals surface area contributed by atoms with Gasteiger partial charge in [-0.05, 0) is 31.5 Å². The monoisotopic (exact) mass is 233 g/mol. The maximum absolute atomic E-state index is 7.56. The molecule has 0 atom stereocenters. The summed E-state index contributed by atoms with van der Waals surface area (Å²) >= 11 is 6.05. The molecule has 0 aliphatic heterocycles. The Labute approximate surface area is 98.8 Å². The topological polar surface area (TPSA) is 62.8 Å². The number of nitrogen functional groups attached to an aromatic ring is 1. The molecule has 1 aromatic carbocycles. The van der Waals surface area contributed by atoms with Crippen LogP contribution >= 0.6 is 11.6 Å². The van der Waals surface area contributed by atoms with Gasteiger partial charge in [-0.15, -0.1) is 0 Å². The quantitative estimate of drug-likeness (QED) is 0.588. The zero-order valence-corrected chi connectivity index (χ0v) is 9.89. The molecule has 0 saturated heterocycles. The van der Waals surface area contributed by atoms with Gasteiger partial charge in [0.25, 0.3) is 0 Å².